The van der Waals surface area contributed by atoms with Crippen molar-refractivity contribution < 1.29 is 23.5 Å². The van der Waals surface area contributed by atoms with Crippen LogP contribution in [0.25, 0.3) is 0 Å². The fourth-order valence-electron chi connectivity index (χ4n) is 2.50. The lowest BCUT2D eigenvalue weighted by atomic mass is 10.2. The standard InChI is InChI=1S/C21H27FN4O4/c1-14(13-26(5)20(28)30-21(2,3)4)29-18-10-15(22)9-17(11-18)25-19(27)24-16-7-6-8-23-12-16/h6-12,14H,13H2,1-5H3,(H2,24,25,27)/t14-/m0/s1. The molecule has 2 N–H and O–H groups in total. The second-order valence-electron chi connectivity index (χ2n) is 7.79. The second kappa shape index (κ2) is 9.91. The molecule has 0 unspecified atom stereocenters. The number of benzene rings is 1. The molecule has 0 bridgehead atoms. The van der Waals surface area contributed by atoms with Gasteiger partial charge in [0.25, 0.3) is 0 Å². The molecule has 1 aromatic heterocycles. The third kappa shape index (κ3) is 7.94. The van der Waals surface area contributed by atoms with Crippen molar-refractivity contribution in [2.24, 2.45) is 0 Å². The number of halogens is 1. The third-order valence-corrected chi connectivity index (χ3v) is 3.62. The van der Waals surface area contributed by atoms with Gasteiger partial charge in [0.2, 0.25) is 0 Å². The summed E-state index contributed by atoms with van der Waals surface area (Å²) in [7, 11) is 1.59. The summed E-state index contributed by atoms with van der Waals surface area (Å²) in [5.74, 6) is -0.353. The zero-order valence-corrected chi connectivity index (χ0v) is 17.7. The smallest absolute Gasteiger partial charge is 0.410 e. The number of rotatable bonds is 6. The molecule has 162 valence electrons. The van der Waals surface area contributed by atoms with Crippen molar-refractivity contribution in [3.8, 4) is 5.75 Å². The molecule has 0 saturated carbocycles. The highest BCUT2D eigenvalue weighted by molar-refractivity contribution is 5.99. The molecule has 0 fully saturated rings. The van der Waals surface area contributed by atoms with Gasteiger partial charge in [0.15, 0.2) is 0 Å². The van der Waals surface area contributed by atoms with Gasteiger partial charge in [-0.15, -0.1) is 0 Å². The number of amides is 3. The van der Waals surface area contributed by atoms with Gasteiger partial charge in [-0.2, -0.15) is 0 Å². The van der Waals surface area contributed by atoms with Gasteiger partial charge < -0.3 is 25.0 Å². The Bertz CT molecular complexity index is 871. The molecule has 0 radical (unpaired) electrons. The zero-order valence-electron chi connectivity index (χ0n) is 17.7. The molecule has 2 rings (SSSR count). The average Bonchev–Trinajstić information content (AvgIpc) is 2.60. The predicted molar refractivity (Wildman–Crippen MR) is 112 cm³/mol. The van der Waals surface area contributed by atoms with Crippen LogP contribution in [-0.2, 0) is 4.74 Å². The van der Waals surface area contributed by atoms with Crippen LogP contribution >= 0.6 is 0 Å². The van der Waals surface area contributed by atoms with Crippen molar-refractivity contribution in [1.29, 1.82) is 0 Å². The number of carbonyl (C=O) groups excluding carboxylic acids is 2. The van der Waals surface area contributed by atoms with Crippen LogP contribution in [0.2, 0.25) is 0 Å². The summed E-state index contributed by atoms with van der Waals surface area (Å²) in [4.78, 5) is 29.4. The first-order chi connectivity index (χ1) is 14.0. The van der Waals surface area contributed by atoms with Crippen molar-refractivity contribution in [1.82, 2.24) is 9.88 Å². The summed E-state index contributed by atoms with van der Waals surface area (Å²) >= 11 is 0. The van der Waals surface area contributed by atoms with Gasteiger partial charge in [0.1, 0.15) is 23.3 Å². The molecule has 2 aromatic rings. The lowest BCUT2D eigenvalue weighted by Crippen LogP contribution is -2.39. The van der Waals surface area contributed by atoms with Crippen LogP contribution in [0.15, 0.2) is 42.7 Å². The fraction of sp³-hybridized carbons (Fsp3) is 0.381. The Hall–Kier alpha value is -3.36. The van der Waals surface area contributed by atoms with Gasteiger partial charge in [-0.3, -0.25) is 4.98 Å². The van der Waals surface area contributed by atoms with E-state index in [0.29, 0.717) is 5.69 Å². The van der Waals surface area contributed by atoms with E-state index in [0.717, 1.165) is 0 Å². The topological polar surface area (TPSA) is 92.8 Å². The lowest BCUT2D eigenvalue weighted by molar-refractivity contribution is 0.0237. The SMILES string of the molecule is C[C@@H](CN(C)C(=O)OC(C)(C)C)Oc1cc(F)cc(NC(=O)Nc2cccnc2)c1. The zero-order chi connectivity index (χ0) is 22.3. The van der Waals surface area contributed by atoms with Gasteiger partial charge in [0.05, 0.1) is 18.4 Å². The number of carbonyl (C=O) groups is 2. The molecule has 30 heavy (non-hydrogen) atoms. The minimum Gasteiger partial charge on any atom is -0.489 e. The van der Waals surface area contributed by atoms with Gasteiger partial charge >= 0.3 is 12.1 Å². The normalized spacial score (nSPS) is 11.9. The number of anilines is 2. The molecular formula is C21H27FN4O4. The predicted octanol–water partition coefficient (Wildman–Crippen LogP) is 4.50. The molecule has 3 amide bonds. The summed E-state index contributed by atoms with van der Waals surface area (Å²) in [6, 6.07) is 6.68. The first kappa shape index (κ1) is 22.9. The van der Waals surface area contributed by atoms with Crippen LogP contribution in [0.1, 0.15) is 27.7 Å². The van der Waals surface area contributed by atoms with Crippen LogP contribution in [0.4, 0.5) is 25.4 Å². The van der Waals surface area contributed by atoms with E-state index in [1.807, 2.05) is 0 Å². The van der Waals surface area contributed by atoms with Gasteiger partial charge in [-0.1, -0.05) is 0 Å². The van der Waals surface area contributed by atoms with Crippen molar-refractivity contribution in [3.05, 3.63) is 48.5 Å². The molecule has 0 saturated heterocycles. The van der Waals surface area contributed by atoms with E-state index in [1.54, 1.807) is 53.1 Å². The maximum atomic E-state index is 14.0. The monoisotopic (exact) mass is 418 g/mol. The lowest BCUT2D eigenvalue weighted by Gasteiger charge is -2.26. The second-order valence-corrected chi connectivity index (χ2v) is 7.79. The van der Waals surface area contributed by atoms with Gasteiger partial charge in [0, 0.05) is 31.1 Å². The third-order valence-electron chi connectivity index (χ3n) is 3.62. The summed E-state index contributed by atoms with van der Waals surface area (Å²) in [5, 5.41) is 5.14. The summed E-state index contributed by atoms with van der Waals surface area (Å²) in [6.07, 6.45) is 2.15. The molecule has 1 atom stereocenters. The molecule has 1 heterocycles. The molecule has 0 aliphatic rings. The van der Waals surface area contributed by atoms with Crippen LogP contribution < -0.4 is 15.4 Å². The fourth-order valence-corrected chi connectivity index (χ4v) is 2.50. The molecule has 9 heteroatoms. The number of likely N-dealkylation sites (N-methyl/N-ethyl adjacent to an activating group) is 1. The molecular weight excluding hydrogens is 391 g/mol. The largest absolute Gasteiger partial charge is 0.489 e. The number of ether oxygens (including phenoxy) is 2. The first-order valence-electron chi connectivity index (χ1n) is 9.41. The van der Waals surface area contributed by atoms with Crippen LogP contribution in [0.3, 0.4) is 0 Å². The Labute approximate surface area is 175 Å². The van der Waals surface area contributed by atoms with E-state index in [2.05, 4.69) is 15.6 Å². The number of nitrogens with zero attached hydrogens (tertiary/aromatic N) is 2. The van der Waals surface area contributed by atoms with E-state index >= 15 is 0 Å². The van der Waals surface area contributed by atoms with Gasteiger partial charge in [-0.05, 0) is 45.9 Å². The van der Waals surface area contributed by atoms with Crippen LogP contribution in [0.5, 0.6) is 5.75 Å². The van der Waals surface area contributed by atoms with E-state index in [-0.39, 0.29) is 18.0 Å². The Balaban J connectivity index is 1.95. The molecule has 1 aromatic carbocycles. The number of urea groups is 1. The van der Waals surface area contributed by atoms with E-state index < -0.39 is 29.6 Å². The molecule has 0 aliphatic carbocycles. The molecule has 8 nitrogen and oxygen atoms in total. The highest BCUT2D eigenvalue weighted by atomic mass is 19.1. The number of hydrogen-bond acceptors (Lipinski definition) is 5. The van der Waals surface area contributed by atoms with E-state index in [9.17, 15) is 14.0 Å². The first-order valence-corrected chi connectivity index (χ1v) is 9.41. The minimum absolute atomic E-state index is 0.219. The molecule has 0 spiro atoms. The summed E-state index contributed by atoms with van der Waals surface area (Å²) in [6.45, 7) is 7.32. The quantitative estimate of drug-likeness (QED) is 0.721. The molecule has 0 aliphatic heterocycles. The van der Waals surface area contributed by atoms with Crippen molar-refractivity contribution >= 4 is 23.5 Å². The summed E-state index contributed by atoms with van der Waals surface area (Å²) < 4.78 is 25.0. The Morgan fingerprint density at radius 2 is 1.90 bits per heavy atom. The van der Waals surface area contributed by atoms with Crippen LogP contribution in [-0.4, -0.2) is 47.3 Å². The highest BCUT2D eigenvalue weighted by Gasteiger charge is 2.21. The average molecular weight is 418 g/mol. The van der Waals surface area contributed by atoms with Crippen molar-refractivity contribution in [2.75, 3.05) is 24.2 Å². The Morgan fingerprint density at radius 3 is 2.53 bits per heavy atom. The van der Waals surface area contributed by atoms with Crippen LogP contribution in [0, 0.1) is 5.82 Å². The van der Waals surface area contributed by atoms with E-state index in [4.69, 9.17) is 9.47 Å². The number of pyridine rings is 1. The Morgan fingerprint density at radius 1 is 1.20 bits per heavy atom. The van der Waals surface area contributed by atoms with E-state index in [1.165, 1.54) is 29.3 Å². The minimum atomic E-state index is -0.602. The number of aromatic nitrogens is 1. The Kier molecular flexibility index (Phi) is 7.57. The van der Waals surface area contributed by atoms with Crippen molar-refractivity contribution in [2.45, 2.75) is 39.4 Å². The maximum Gasteiger partial charge on any atom is 0.410 e. The number of hydrogen-bond donors (Lipinski definition) is 2. The van der Waals surface area contributed by atoms with Gasteiger partial charge in [-0.25, -0.2) is 14.0 Å². The van der Waals surface area contributed by atoms with Crippen molar-refractivity contribution in [3.63, 3.8) is 0 Å². The summed E-state index contributed by atoms with van der Waals surface area (Å²) in [5.41, 5.74) is 0.121. The highest BCUT2D eigenvalue weighted by Crippen LogP contribution is 2.22. The maximum absolute atomic E-state index is 14.0. The number of nitrogens with one attached hydrogen (secondary N) is 2.